The average Bonchev–Trinajstić information content (AvgIpc) is 1.87. The monoisotopic (exact) mass is 206 g/mol. The molecule has 7 heavy (non-hydrogen) atoms. The zero-order valence-electron chi connectivity index (χ0n) is 4.24. The first-order valence-electron chi connectivity index (χ1n) is 2.44. The minimum atomic E-state index is 0.632. The van der Waals surface area contributed by atoms with Crippen molar-refractivity contribution in [1.29, 1.82) is 0 Å². The molecular formula is C6H7I. The van der Waals surface area contributed by atoms with Gasteiger partial charge in [-0.05, 0) is 6.42 Å². The molecule has 0 aliphatic heterocycles. The molecule has 0 aromatic carbocycles. The Morgan fingerprint density at radius 1 is 1.57 bits per heavy atom. The lowest BCUT2D eigenvalue weighted by Crippen LogP contribution is -1.90. The van der Waals surface area contributed by atoms with E-state index in [0.717, 1.165) is 0 Å². The Morgan fingerprint density at radius 3 is 2.43 bits per heavy atom. The van der Waals surface area contributed by atoms with E-state index >= 15 is 0 Å². The summed E-state index contributed by atoms with van der Waals surface area (Å²) in [4.78, 5) is 0. The molecule has 0 bridgehead atoms. The minimum absolute atomic E-state index is 0.632. The molecule has 0 saturated heterocycles. The molecular weight excluding hydrogens is 199 g/mol. The lowest BCUT2D eigenvalue weighted by atomic mass is 10.2. The molecule has 38 valence electrons. The van der Waals surface area contributed by atoms with Gasteiger partial charge in [-0.2, -0.15) is 0 Å². The van der Waals surface area contributed by atoms with Gasteiger partial charge >= 0.3 is 0 Å². The van der Waals surface area contributed by atoms with Crippen molar-refractivity contribution >= 4 is 22.6 Å². The Labute approximate surface area is 57.8 Å². The lowest BCUT2D eigenvalue weighted by molar-refractivity contribution is 0.732. The first kappa shape index (κ1) is 5.43. The van der Waals surface area contributed by atoms with E-state index in [1.54, 1.807) is 0 Å². The van der Waals surface area contributed by atoms with Crippen molar-refractivity contribution in [1.82, 2.24) is 0 Å². The zero-order valence-corrected chi connectivity index (χ0v) is 6.40. The topological polar surface area (TPSA) is 0 Å². The molecule has 0 fully saturated rings. The van der Waals surface area contributed by atoms with Gasteiger partial charge in [0.1, 0.15) is 0 Å². The quantitative estimate of drug-likeness (QED) is 0.322. The van der Waals surface area contributed by atoms with Gasteiger partial charge < -0.3 is 0 Å². The highest BCUT2D eigenvalue weighted by atomic mass is 127. The van der Waals surface area contributed by atoms with Crippen LogP contribution in [0.4, 0.5) is 0 Å². The van der Waals surface area contributed by atoms with Crippen LogP contribution in [0.1, 0.15) is 13.3 Å². The second kappa shape index (κ2) is 2.04. The van der Waals surface area contributed by atoms with Crippen LogP contribution in [0.3, 0.4) is 0 Å². The van der Waals surface area contributed by atoms with E-state index in [1.165, 1.54) is 6.42 Å². The summed E-state index contributed by atoms with van der Waals surface area (Å²) in [6.07, 6.45) is 1.24. The van der Waals surface area contributed by atoms with Crippen molar-refractivity contribution in [2.45, 2.75) is 17.3 Å². The lowest BCUT2D eigenvalue weighted by Gasteiger charge is -1.94. The van der Waals surface area contributed by atoms with Gasteiger partial charge in [0.15, 0.2) is 0 Å². The van der Waals surface area contributed by atoms with Crippen LogP contribution in [0.5, 0.6) is 0 Å². The first-order chi connectivity index (χ1) is 3.29. The molecule has 0 nitrogen and oxygen atoms in total. The molecule has 0 spiro atoms. The summed E-state index contributed by atoms with van der Waals surface area (Å²) >= 11 is 2.37. The van der Waals surface area contributed by atoms with E-state index in [1.807, 2.05) is 0 Å². The second-order valence-electron chi connectivity index (χ2n) is 1.89. The van der Waals surface area contributed by atoms with E-state index < -0.39 is 0 Å². The Hall–Kier alpha value is 0.290. The normalized spacial score (nSPS) is 37.4. The first-order valence-corrected chi connectivity index (χ1v) is 3.69. The molecule has 2 atom stereocenters. The maximum atomic E-state index is 3.11. The molecule has 1 aliphatic rings. The highest BCUT2D eigenvalue weighted by molar-refractivity contribution is 14.1. The third kappa shape index (κ3) is 1.34. The maximum absolute atomic E-state index is 3.11. The fraction of sp³-hybridized carbons (Fsp3) is 0.667. The number of hydrogen-bond donors (Lipinski definition) is 0. The number of rotatable bonds is 0. The van der Waals surface area contributed by atoms with Crippen molar-refractivity contribution in [3.63, 3.8) is 0 Å². The van der Waals surface area contributed by atoms with Gasteiger partial charge in [0.05, 0.1) is 3.92 Å². The number of alkyl halides is 1. The van der Waals surface area contributed by atoms with E-state index in [0.29, 0.717) is 9.84 Å². The molecule has 0 N–H and O–H groups in total. The van der Waals surface area contributed by atoms with Crippen molar-refractivity contribution < 1.29 is 0 Å². The van der Waals surface area contributed by atoms with Crippen molar-refractivity contribution in [2.24, 2.45) is 5.92 Å². The number of hydrogen-bond acceptors (Lipinski definition) is 0. The SMILES string of the molecule is C[C@H]1C#C[C@@H](I)C1. The van der Waals surface area contributed by atoms with Gasteiger partial charge in [0.2, 0.25) is 0 Å². The summed E-state index contributed by atoms with van der Waals surface area (Å²) in [7, 11) is 0. The van der Waals surface area contributed by atoms with Crippen molar-refractivity contribution in [3.8, 4) is 11.8 Å². The fourth-order valence-corrected chi connectivity index (χ4v) is 1.60. The van der Waals surface area contributed by atoms with Crippen LogP contribution < -0.4 is 0 Å². The molecule has 0 amide bonds. The third-order valence-corrected chi connectivity index (χ3v) is 1.87. The Balaban J connectivity index is 2.48. The van der Waals surface area contributed by atoms with E-state index in [2.05, 4.69) is 41.4 Å². The van der Waals surface area contributed by atoms with Gasteiger partial charge in [0.25, 0.3) is 0 Å². The van der Waals surface area contributed by atoms with Crippen LogP contribution in [0.2, 0.25) is 0 Å². The number of halogens is 1. The summed E-state index contributed by atoms with van der Waals surface area (Å²) in [5, 5.41) is 0. The molecule has 0 aromatic heterocycles. The summed E-state index contributed by atoms with van der Waals surface area (Å²) in [5.41, 5.74) is 0. The van der Waals surface area contributed by atoms with Gasteiger partial charge in [-0.25, -0.2) is 0 Å². The summed E-state index contributed by atoms with van der Waals surface area (Å²) in [6.45, 7) is 2.17. The van der Waals surface area contributed by atoms with Gasteiger partial charge in [0, 0.05) is 5.92 Å². The Kier molecular flexibility index (Phi) is 1.58. The molecule has 0 heterocycles. The van der Waals surface area contributed by atoms with Crippen LogP contribution in [0, 0.1) is 17.8 Å². The van der Waals surface area contributed by atoms with Gasteiger partial charge in [-0.15, -0.1) is 0 Å². The van der Waals surface area contributed by atoms with Crippen LogP contribution in [0.25, 0.3) is 0 Å². The Bertz CT molecular complexity index is 106. The molecule has 0 radical (unpaired) electrons. The van der Waals surface area contributed by atoms with Crippen LogP contribution in [-0.4, -0.2) is 3.92 Å². The summed E-state index contributed by atoms with van der Waals surface area (Å²) in [5.74, 6) is 6.87. The van der Waals surface area contributed by atoms with E-state index in [4.69, 9.17) is 0 Å². The van der Waals surface area contributed by atoms with Crippen LogP contribution in [-0.2, 0) is 0 Å². The maximum Gasteiger partial charge on any atom is 0.0730 e. The predicted molar refractivity (Wildman–Crippen MR) is 39.4 cm³/mol. The molecule has 1 rings (SSSR count). The van der Waals surface area contributed by atoms with E-state index in [9.17, 15) is 0 Å². The molecule has 1 aliphatic carbocycles. The molecule has 0 unspecified atom stereocenters. The fourth-order valence-electron chi connectivity index (χ4n) is 0.661. The Morgan fingerprint density at radius 2 is 2.29 bits per heavy atom. The highest BCUT2D eigenvalue weighted by Crippen LogP contribution is 2.17. The van der Waals surface area contributed by atoms with Crippen LogP contribution in [0.15, 0.2) is 0 Å². The van der Waals surface area contributed by atoms with Crippen molar-refractivity contribution in [3.05, 3.63) is 0 Å². The largest absolute Gasteiger partial charge is 0.0990 e. The van der Waals surface area contributed by atoms with Crippen molar-refractivity contribution in [2.75, 3.05) is 0 Å². The minimum Gasteiger partial charge on any atom is -0.0990 e. The van der Waals surface area contributed by atoms with Crippen LogP contribution >= 0.6 is 22.6 Å². The average molecular weight is 206 g/mol. The smallest absolute Gasteiger partial charge is 0.0730 e. The molecule has 1 heteroatoms. The zero-order chi connectivity index (χ0) is 5.28. The van der Waals surface area contributed by atoms with Gasteiger partial charge in [-0.1, -0.05) is 41.4 Å². The molecule has 0 saturated carbocycles. The third-order valence-electron chi connectivity index (χ3n) is 1.05. The van der Waals surface area contributed by atoms with Gasteiger partial charge in [-0.3, -0.25) is 0 Å². The van der Waals surface area contributed by atoms with E-state index in [-0.39, 0.29) is 0 Å². The standard InChI is InChI=1S/C6H7I/c1-5-2-3-6(7)4-5/h5-6H,4H2,1H3/t5-,6+/m0/s1. The predicted octanol–water partition coefficient (Wildman–Crippen LogP) is 1.83. The molecule has 0 aromatic rings. The second-order valence-corrected chi connectivity index (χ2v) is 3.40. The summed E-state index contributed by atoms with van der Waals surface area (Å²) < 4.78 is 0.632. The summed E-state index contributed by atoms with van der Waals surface area (Å²) in [6, 6.07) is 0. The highest BCUT2D eigenvalue weighted by Gasteiger charge is 2.09.